The maximum absolute atomic E-state index is 11.0. The first-order chi connectivity index (χ1) is 7.52. The van der Waals surface area contributed by atoms with Crippen LogP contribution in [0.5, 0.6) is 0 Å². The van der Waals surface area contributed by atoms with Crippen LogP contribution in [0.25, 0.3) is 0 Å². The lowest BCUT2D eigenvalue weighted by molar-refractivity contribution is -0.919. The van der Waals surface area contributed by atoms with Crippen LogP contribution in [-0.2, 0) is 6.54 Å². The largest absolute Gasteiger partial charge is 0.733 e. The molecule has 0 bridgehead atoms. The van der Waals surface area contributed by atoms with E-state index in [0.717, 1.165) is 29.7 Å². The van der Waals surface area contributed by atoms with Crippen LogP contribution in [0.3, 0.4) is 0 Å². The Kier molecular flexibility index (Phi) is 4.29. The van der Waals surface area contributed by atoms with Crippen LogP contribution in [0.15, 0.2) is 24.3 Å². The van der Waals surface area contributed by atoms with E-state index in [-0.39, 0.29) is 5.23 Å². The van der Waals surface area contributed by atoms with Crippen LogP contribution < -0.4 is 5.23 Å². The summed E-state index contributed by atoms with van der Waals surface area (Å²) in [6.45, 7) is 6.99. The van der Waals surface area contributed by atoms with Crippen molar-refractivity contribution in [2.24, 2.45) is 0 Å². The highest BCUT2D eigenvalue weighted by Crippen LogP contribution is 2.22. The highest BCUT2D eigenvalue weighted by molar-refractivity contribution is 5.51. The van der Waals surface area contributed by atoms with Gasteiger partial charge in [-0.05, 0) is 19.9 Å². The zero-order valence-corrected chi connectivity index (χ0v) is 10.2. The van der Waals surface area contributed by atoms with Gasteiger partial charge in [0.15, 0.2) is 0 Å². The van der Waals surface area contributed by atoms with Gasteiger partial charge in [0.25, 0.3) is 0 Å². The lowest BCUT2D eigenvalue weighted by atomic mass is 10.1. The van der Waals surface area contributed by atoms with Gasteiger partial charge in [-0.2, -0.15) is 0 Å². The molecule has 16 heavy (non-hydrogen) atoms. The van der Waals surface area contributed by atoms with Crippen molar-refractivity contribution in [3.63, 3.8) is 0 Å². The first kappa shape index (κ1) is 13.0. The van der Waals surface area contributed by atoms with Crippen molar-refractivity contribution in [1.29, 1.82) is 0 Å². The molecule has 1 aromatic rings. The Balaban J connectivity index is 2.96. The average Bonchev–Trinajstić information content (AvgIpc) is 2.29. The molecule has 0 aliphatic rings. The van der Waals surface area contributed by atoms with Gasteiger partial charge in [-0.1, -0.05) is 18.2 Å². The Morgan fingerprint density at radius 3 is 2.31 bits per heavy atom. The Bertz CT molecular complexity index is 336. The molecule has 1 N–H and O–H groups in total. The molecule has 0 aliphatic heterocycles. The lowest BCUT2D eigenvalue weighted by Gasteiger charge is -2.34. The maximum atomic E-state index is 11.0. The SMILES string of the molecule is CC[N+](C)(CC)Cc1ccccc1N([O-])O. The summed E-state index contributed by atoms with van der Waals surface area (Å²) in [6, 6.07) is 7.16. The number of hydrogen-bond donors (Lipinski definition) is 1. The molecule has 0 fully saturated rings. The van der Waals surface area contributed by atoms with Crippen molar-refractivity contribution in [1.82, 2.24) is 0 Å². The molecule has 4 nitrogen and oxygen atoms in total. The van der Waals surface area contributed by atoms with Crippen molar-refractivity contribution < 1.29 is 9.69 Å². The van der Waals surface area contributed by atoms with E-state index >= 15 is 0 Å². The molecule has 90 valence electrons. The predicted octanol–water partition coefficient (Wildman–Crippen LogP) is 2.37. The monoisotopic (exact) mass is 224 g/mol. The van der Waals surface area contributed by atoms with E-state index in [1.165, 1.54) is 0 Å². The van der Waals surface area contributed by atoms with Crippen LogP contribution in [0, 0.1) is 5.21 Å². The van der Waals surface area contributed by atoms with Crippen LogP contribution in [0.2, 0.25) is 0 Å². The Hall–Kier alpha value is -1.10. The van der Waals surface area contributed by atoms with Crippen molar-refractivity contribution in [2.45, 2.75) is 20.4 Å². The fourth-order valence-electron chi connectivity index (χ4n) is 1.69. The summed E-state index contributed by atoms with van der Waals surface area (Å²) in [6.07, 6.45) is 0. The highest BCUT2D eigenvalue weighted by atomic mass is 16.8. The minimum Gasteiger partial charge on any atom is -0.733 e. The minimum atomic E-state index is -0.0506. The molecular formula is C12H20N2O2. The number of anilines is 1. The molecule has 0 saturated carbocycles. The van der Waals surface area contributed by atoms with Gasteiger partial charge in [-0.25, -0.2) is 0 Å². The third-order valence-electron chi connectivity index (χ3n) is 3.28. The first-order valence-corrected chi connectivity index (χ1v) is 5.60. The fourth-order valence-corrected chi connectivity index (χ4v) is 1.69. The topological polar surface area (TPSA) is 46.5 Å². The molecule has 0 spiro atoms. The molecule has 0 radical (unpaired) electrons. The van der Waals surface area contributed by atoms with Gasteiger partial charge in [0.1, 0.15) is 6.54 Å². The first-order valence-electron chi connectivity index (χ1n) is 5.60. The van der Waals surface area contributed by atoms with Gasteiger partial charge in [-0.15, -0.1) is 0 Å². The summed E-state index contributed by atoms with van der Waals surface area (Å²) in [5.74, 6) is 0. The predicted molar refractivity (Wildman–Crippen MR) is 65.0 cm³/mol. The number of quaternary nitrogens is 1. The van der Waals surface area contributed by atoms with Crippen LogP contribution in [-0.4, -0.2) is 29.8 Å². The van der Waals surface area contributed by atoms with E-state index < -0.39 is 0 Å². The summed E-state index contributed by atoms with van der Waals surface area (Å²) in [4.78, 5) is 0. The molecular weight excluding hydrogens is 204 g/mol. The van der Waals surface area contributed by atoms with Crippen molar-refractivity contribution in [2.75, 3.05) is 25.4 Å². The van der Waals surface area contributed by atoms with Gasteiger partial charge in [0.2, 0.25) is 0 Å². The van der Waals surface area contributed by atoms with Crippen LogP contribution in [0.1, 0.15) is 19.4 Å². The molecule has 0 atom stereocenters. The Morgan fingerprint density at radius 1 is 1.25 bits per heavy atom. The summed E-state index contributed by atoms with van der Waals surface area (Å²) >= 11 is 0. The third-order valence-corrected chi connectivity index (χ3v) is 3.28. The number of nitrogens with zero attached hydrogens (tertiary/aromatic N) is 2. The molecule has 0 unspecified atom stereocenters. The third kappa shape index (κ3) is 2.95. The standard InChI is InChI=1S/C12H20N2O2/c1-4-14(3,5-2)10-11-8-6-7-9-12(11)13(15)16/h6-9,15H,4-5,10H2,1-3H3. The second kappa shape index (κ2) is 5.30. The van der Waals surface area contributed by atoms with Gasteiger partial charge < -0.3 is 14.9 Å². The quantitative estimate of drug-likeness (QED) is 0.617. The van der Waals surface area contributed by atoms with Crippen molar-refractivity contribution in [3.05, 3.63) is 35.0 Å². The second-order valence-corrected chi connectivity index (χ2v) is 4.31. The van der Waals surface area contributed by atoms with Gasteiger partial charge in [0.05, 0.1) is 25.8 Å². The normalized spacial score (nSPS) is 11.6. The van der Waals surface area contributed by atoms with E-state index in [1.54, 1.807) is 12.1 Å². The van der Waals surface area contributed by atoms with Gasteiger partial charge in [-0.3, -0.25) is 5.21 Å². The summed E-state index contributed by atoms with van der Waals surface area (Å²) in [7, 11) is 2.14. The summed E-state index contributed by atoms with van der Waals surface area (Å²) < 4.78 is 0.852. The smallest absolute Gasteiger partial charge is 0.106 e. The van der Waals surface area contributed by atoms with Gasteiger partial charge in [0, 0.05) is 5.56 Å². The minimum absolute atomic E-state index is 0.0506. The molecule has 0 saturated heterocycles. The van der Waals surface area contributed by atoms with E-state index in [0.29, 0.717) is 5.69 Å². The van der Waals surface area contributed by atoms with E-state index in [1.807, 2.05) is 12.1 Å². The summed E-state index contributed by atoms with van der Waals surface area (Å²) in [5.41, 5.74) is 1.22. The fraction of sp³-hybridized carbons (Fsp3) is 0.500. The molecule has 0 aromatic heterocycles. The molecule has 0 aliphatic carbocycles. The number of rotatable bonds is 5. The van der Waals surface area contributed by atoms with E-state index in [2.05, 4.69) is 20.9 Å². The second-order valence-electron chi connectivity index (χ2n) is 4.31. The number of benzene rings is 1. The molecule has 0 heterocycles. The zero-order chi connectivity index (χ0) is 12.2. The number of para-hydroxylation sites is 1. The van der Waals surface area contributed by atoms with Crippen LogP contribution in [0.4, 0.5) is 5.69 Å². The van der Waals surface area contributed by atoms with Crippen molar-refractivity contribution >= 4 is 5.69 Å². The van der Waals surface area contributed by atoms with Crippen molar-refractivity contribution in [3.8, 4) is 0 Å². The highest BCUT2D eigenvalue weighted by Gasteiger charge is 2.19. The molecule has 4 heteroatoms. The molecule has 1 rings (SSSR count). The molecule has 0 amide bonds. The Labute approximate surface area is 96.8 Å². The van der Waals surface area contributed by atoms with E-state index in [9.17, 15) is 5.21 Å². The lowest BCUT2D eigenvalue weighted by Crippen LogP contribution is -2.42. The average molecular weight is 224 g/mol. The number of hydrogen-bond acceptors (Lipinski definition) is 3. The van der Waals surface area contributed by atoms with E-state index in [4.69, 9.17) is 5.21 Å². The zero-order valence-electron chi connectivity index (χ0n) is 10.2. The molecule has 1 aromatic carbocycles. The maximum Gasteiger partial charge on any atom is 0.106 e. The van der Waals surface area contributed by atoms with Crippen LogP contribution >= 0.6 is 0 Å². The van der Waals surface area contributed by atoms with Gasteiger partial charge >= 0.3 is 0 Å². The Morgan fingerprint density at radius 2 is 1.81 bits per heavy atom. The summed E-state index contributed by atoms with van der Waals surface area (Å²) in [5, 5.41) is 20.0.